The normalized spacial score (nSPS) is 18.3. The van der Waals surface area contributed by atoms with Crippen molar-refractivity contribution < 1.29 is 9.59 Å². The number of H-pyrrole nitrogens is 1. The van der Waals surface area contributed by atoms with Crippen molar-refractivity contribution in [2.75, 3.05) is 19.6 Å². The Labute approximate surface area is 172 Å². The third-order valence-electron chi connectivity index (χ3n) is 6.48. The van der Waals surface area contributed by atoms with Gasteiger partial charge in [-0.05, 0) is 50.2 Å². The van der Waals surface area contributed by atoms with E-state index in [1.807, 2.05) is 4.90 Å². The molecule has 2 aromatic rings. The predicted molar refractivity (Wildman–Crippen MR) is 115 cm³/mol. The van der Waals surface area contributed by atoms with Crippen molar-refractivity contribution in [2.24, 2.45) is 0 Å². The molecule has 156 valence electrons. The summed E-state index contributed by atoms with van der Waals surface area (Å²) in [5.41, 5.74) is 3.84. The lowest BCUT2D eigenvalue weighted by atomic mass is 9.87. The number of nitrogens with zero attached hydrogens (tertiary/aromatic N) is 1. The molecule has 3 N–H and O–H groups in total. The lowest BCUT2D eigenvalue weighted by Gasteiger charge is -2.32. The van der Waals surface area contributed by atoms with Gasteiger partial charge in [-0.2, -0.15) is 0 Å². The molecule has 0 atom stereocenters. The second-order valence-electron chi connectivity index (χ2n) is 8.50. The third-order valence-corrected chi connectivity index (χ3v) is 6.48. The van der Waals surface area contributed by atoms with Crippen molar-refractivity contribution in [3.05, 3.63) is 35.5 Å². The van der Waals surface area contributed by atoms with E-state index in [1.165, 1.54) is 35.0 Å². The molecule has 6 nitrogen and oxygen atoms in total. The highest BCUT2D eigenvalue weighted by atomic mass is 16.2. The van der Waals surface area contributed by atoms with Crippen LogP contribution >= 0.6 is 0 Å². The number of hydrogen-bond donors (Lipinski definition) is 3. The van der Waals surface area contributed by atoms with E-state index in [2.05, 4.69) is 46.8 Å². The number of piperidine rings is 1. The second kappa shape index (κ2) is 8.89. The summed E-state index contributed by atoms with van der Waals surface area (Å²) in [7, 11) is 0. The van der Waals surface area contributed by atoms with Crippen LogP contribution < -0.4 is 10.6 Å². The molecule has 1 saturated carbocycles. The summed E-state index contributed by atoms with van der Waals surface area (Å²) in [5, 5.41) is 7.29. The van der Waals surface area contributed by atoms with Crippen LogP contribution in [0.3, 0.4) is 0 Å². The minimum absolute atomic E-state index is 0.0470. The molecule has 1 aliphatic heterocycles. The lowest BCUT2D eigenvalue weighted by Crippen LogP contribution is -2.45. The van der Waals surface area contributed by atoms with E-state index in [9.17, 15) is 9.59 Å². The van der Waals surface area contributed by atoms with Gasteiger partial charge in [-0.25, -0.2) is 4.79 Å². The zero-order valence-corrected chi connectivity index (χ0v) is 17.3. The van der Waals surface area contributed by atoms with Gasteiger partial charge < -0.3 is 20.5 Å². The summed E-state index contributed by atoms with van der Waals surface area (Å²) in [6.45, 7) is 4.05. The number of amides is 3. The Morgan fingerprint density at radius 1 is 1.10 bits per heavy atom. The highest BCUT2D eigenvalue weighted by Crippen LogP contribution is 2.35. The van der Waals surface area contributed by atoms with Crippen LogP contribution in [0.1, 0.15) is 62.1 Å². The molecule has 2 fully saturated rings. The first kappa shape index (κ1) is 19.8. The molecule has 1 aliphatic carbocycles. The lowest BCUT2D eigenvalue weighted by molar-refractivity contribution is -0.121. The van der Waals surface area contributed by atoms with Crippen molar-refractivity contribution in [1.82, 2.24) is 20.5 Å². The summed E-state index contributed by atoms with van der Waals surface area (Å²) in [5.74, 6) is 0.526. The van der Waals surface area contributed by atoms with E-state index >= 15 is 0 Å². The molecule has 29 heavy (non-hydrogen) atoms. The molecule has 1 aromatic carbocycles. The van der Waals surface area contributed by atoms with Gasteiger partial charge in [0.15, 0.2) is 0 Å². The molecular weight excluding hydrogens is 364 g/mol. The number of aromatic nitrogens is 1. The number of aromatic amines is 1. The molecule has 0 spiro atoms. The number of benzene rings is 1. The van der Waals surface area contributed by atoms with Crippen molar-refractivity contribution in [1.29, 1.82) is 0 Å². The van der Waals surface area contributed by atoms with Crippen LogP contribution in [0.25, 0.3) is 10.9 Å². The summed E-state index contributed by atoms with van der Waals surface area (Å²) in [6, 6.07) is 8.74. The molecule has 0 unspecified atom stereocenters. The van der Waals surface area contributed by atoms with Gasteiger partial charge in [0.2, 0.25) is 5.91 Å². The quantitative estimate of drug-likeness (QED) is 0.719. The fourth-order valence-electron chi connectivity index (χ4n) is 4.96. The maximum absolute atomic E-state index is 12.5. The van der Waals surface area contributed by atoms with Crippen LogP contribution in [0.5, 0.6) is 0 Å². The number of rotatable bonds is 5. The molecule has 6 heteroatoms. The average molecular weight is 397 g/mol. The van der Waals surface area contributed by atoms with E-state index in [1.54, 1.807) is 0 Å². The Balaban J connectivity index is 1.23. The Kier molecular flexibility index (Phi) is 6.07. The first-order chi connectivity index (χ1) is 14.1. The van der Waals surface area contributed by atoms with Crippen LogP contribution in [0.4, 0.5) is 4.79 Å². The highest BCUT2D eigenvalue weighted by Gasteiger charge is 2.26. The van der Waals surface area contributed by atoms with Crippen molar-refractivity contribution in [3.63, 3.8) is 0 Å². The van der Waals surface area contributed by atoms with E-state index in [-0.39, 0.29) is 11.9 Å². The van der Waals surface area contributed by atoms with Gasteiger partial charge in [-0.15, -0.1) is 0 Å². The van der Waals surface area contributed by atoms with E-state index in [0.717, 1.165) is 38.8 Å². The Morgan fingerprint density at radius 3 is 2.59 bits per heavy atom. The number of carbonyl (C=O) groups excluding carboxylic acids is 2. The van der Waals surface area contributed by atoms with Crippen LogP contribution in [-0.4, -0.2) is 47.5 Å². The van der Waals surface area contributed by atoms with Gasteiger partial charge in [-0.3, -0.25) is 4.79 Å². The number of nitrogens with one attached hydrogen (secondary N) is 3. The number of hydrogen-bond acceptors (Lipinski definition) is 2. The molecule has 2 aliphatic rings. The zero-order valence-electron chi connectivity index (χ0n) is 17.3. The molecule has 0 radical (unpaired) electrons. The van der Waals surface area contributed by atoms with Gasteiger partial charge in [0.1, 0.15) is 0 Å². The van der Waals surface area contributed by atoms with Gasteiger partial charge in [0.05, 0.1) is 0 Å². The van der Waals surface area contributed by atoms with Crippen LogP contribution in [0.15, 0.2) is 24.3 Å². The topological polar surface area (TPSA) is 77.2 Å². The van der Waals surface area contributed by atoms with Crippen molar-refractivity contribution in [3.8, 4) is 0 Å². The van der Waals surface area contributed by atoms with Crippen LogP contribution in [-0.2, 0) is 4.79 Å². The number of likely N-dealkylation sites (tertiary alicyclic amines) is 1. The summed E-state index contributed by atoms with van der Waals surface area (Å²) in [4.78, 5) is 29.8. The first-order valence-corrected chi connectivity index (χ1v) is 11.0. The largest absolute Gasteiger partial charge is 0.358 e. The average Bonchev–Trinajstić information content (AvgIpc) is 3.34. The molecule has 1 saturated heterocycles. The van der Waals surface area contributed by atoms with Crippen LogP contribution in [0, 0.1) is 6.92 Å². The number of fused-ring (bicyclic) bond motifs is 1. The van der Waals surface area contributed by atoms with E-state index in [0.29, 0.717) is 24.9 Å². The minimum atomic E-state index is -0.0484. The molecule has 0 bridgehead atoms. The van der Waals surface area contributed by atoms with Crippen LogP contribution in [0.2, 0.25) is 0 Å². The maximum Gasteiger partial charge on any atom is 0.317 e. The SMILES string of the molecule is Cc1[nH]c2ccccc2c1C1CCN(C(=O)NCCC(=O)NC2CCCC2)CC1. The number of carbonyl (C=O) groups is 2. The highest BCUT2D eigenvalue weighted by molar-refractivity contribution is 5.85. The predicted octanol–water partition coefficient (Wildman–Crippen LogP) is 3.81. The Morgan fingerprint density at radius 2 is 1.83 bits per heavy atom. The number of urea groups is 1. The second-order valence-corrected chi connectivity index (χ2v) is 8.50. The van der Waals surface area contributed by atoms with Crippen molar-refractivity contribution >= 4 is 22.8 Å². The molecule has 4 rings (SSSR count). The summed E-state index contributed by atoms with van der Waals surface area (Å²) < 4.78 is 0. The Hall–Kier alpha value is -2.50. The van der Waals surface area contributed by atoms with Gasteiger partial charge in [0, 0.05) is 48.7 Å². The van der Waals surface area contributed by atoms with E-state index < -0.39 is 0 Å². The summed E-state index contributed by atoms with van der Waals surface area (Å²) in [6.07, 6.45) is 6.88. The first-order valence-electron chi connectivity index (χ1n) is 11.0. The Bertz CT molecular complexity index is 861. The van der Waals surface area contributed by atoms with Gasteiger partial charge in [0.25, 0.3) is 0 Å². The smallest absolute Gasteiger partial charge is 0.317 e. The standard InChI is InChI=1S/C23H32N4O2/c1-16-22(19-8-4-5-9-20(19)25-16)17-11-14-27(15-12-17)23(29)24-13-10-21(28)26-18-6-2-3-7-18/h4-5,8-9,17-18,25H,2-3,6-7,10-15H2,1H3,(H,24,29)(H,26,28). The monoisotopic (exact) mass is 396 g/mol. The number of para-hydroxylation sites is 1. The fraction of sp³-hybridized carbons (Fsp3) is 0.565. The van der Waals surface area contributed by atoms with E-state index in [4.69, 9.17) is 0 Å². The van der Waals surface area contributed by atoms with Gasteiger partial charge >= 0.3 is 6.03 Å². The zero-order chi connectivity index (χ0) is 20.2. The van der Waals surface area contributed by atoms with Gasteiger partial charge in [-0.1, -0.05) is 31.0 Å². The number of aryl methyl sites for hydroxylation is 1. The molecule has 2 heterocycles. The maximum atomic E-state index is 12.5. The fourth-order valence-corrected chi connectivity index (χ4v) is 4.96. The minimum Gasteiger partial charge on any atom is -0.358 e. The molecule has 3 amide bonds. The molecular formula is C23H32N4O2. The summed E-state index contributed by atoms with van der Waals surface area (Å²) >= 11 is 0. The van der Waals surface area contributed by atoms with Crippen molar-refractivity contribution in [2.45, 2.75) is 63.8 Å². The third kappa shape index (κ3) is 4.57. The molecule has 1 aromatic heterocycles.